The number of rotatable bonds is 4. The minimum Gasteiger partial charge on any atom is -0.481 e. The van der Waals surface area contributed by atoms with E-state index in [1.54, 1.807) is 0 Å². The first-order valence-electron chi connectivity index (χ1n) is 4.49. The van der Waals surface area contributed by atoms with Gasteiger partial charge in [-0.05, 0) is 19.1 Å². The molecule has 0 amide bonds. The number of nitrogens with zero attached hydrogens (tertiary/aromatic N) is 1. The standard InChI is InChI=1S/C10H14N2O2/c1-7-3-2-4-9(12-7)8(6-11)5-10(13)14/h2-4,8H,5-6,11H2,1H3,(H,13,14). The van der Waals surface area contributed by atoms with Gasteiger partial charge >= 0.3 is 5.97 Å². The van der Waals surface area contributed by atoms with Crippen LogP contribution in [0.3, 0.4) is 0 Å². The summed E-state index contributed by atoms with van der Waals surface area (Å²) in [6, 6.07) is 5.55. The van der Waals surface area contributed by atoms with Crippen molar-refractivity contribution in [2.24, 2.45) is 5.73 Å². The predicted molar refractivity (Wildman–Crippen MR) is 53.0 cm³/mol. The van der Waals surface area contributed by atoms with E-state index in [9.17, 15) is 4.79 Å². The van der Waals surface area contributed by atoms with E-state index in [0.29, 0.717) is 6.54 Å². The molecule has 1 unspecified atom stereocenters. The highest BCUT2D eigenvalue weighted by Gasteiger charge is 2.14. The molecule has 0 aliphatic carbocycles. The maximum atomic E-state index is 10.5. The number of carbonyl (C=O) groups is 1. The lowest BCUT2D eigenvalue weighted by Crippen LogP contribution is -2.17. The molecule has 1 atom stereocenters. The fourth-order valence-electron chi connectivity index (χ4n) is 1.31. The Bertz CT molecular complexity index is 326. The molecule has 0 saturated carbocycles. The summed E-state index contributed by atoms with van der Waals surface area (Å²) in [6.07, 6.45) is 0.0347. The molecule has 0 radical (unpaired) electrons. The maximum absolute atomic E-state index is 10.5. The van der Waals surface area contributed by atoms with Crippen molar-refractivity contribution in [3.63, 3.8) is 0 Å². The van der Waals surface area contributed by atoms with E-state index in [1.165, 1.54) is 0 Å². The number of aromatic nitrogens is 1. The molecular formula is C10H14N2O2. The highest BCUT2D eigenvalue weighted by Crippen LogP contribution is 2.16. The fourth-order valence-corrected chi connectivity index (χ4v) is 1.31. The van der Waals surface area contributed by atoms with Crippen LogP contribution in [0, 0.1) is 6.92 Å². The van der Waals surface area contributed by atoms with Gasteiger partial charge in [-0.25, -0.2) is 0 Å². The molecule has 76 valence electrons. The minimum absolute atomic E-state index is 0.0347. The largest absolute Gasteiger partial charge is 0.481 e. The first-order valence-corrected chi connectivity index (χ1v) is 4.49. The Morgan fingerprint density at radius 3 is 2.86 bits per heavy atom. The summed E-state index contributed by atoms with van der Waals surface area (Å²) in [6.45, 7) is 2.18. The van der Waals surface area contributed by atoms with Crippen molar-refractivity contribution >= 4 is 5.97 Å². The topological polar surface area (TPSA) is 76.2 Å². The van der Waals surface area contributed by atoms with E-state index in [-0.39, 0.29) is 12.3 Å². The predicted octanol–water partition coefficient (Wildman–Crippen LogP) is 0.907. The van der Waals surface area contributed by atoms with Crippen LogP contribution in [0.4, 0.5) is 0 Å². The normalized spacial score (nSPS) is 12.4. The van der Waals surface area contributed by atoms with E-state index in [4.69, 9.17) is 10.8 Å². The molecule has 1 aromatic rings. The molecule has 14 heavy (non-hydrogen) atoms. The smallest absolute Gasteiger partial charge is 0.304 e. The van der Waals surface area contributed by atoms with Crippen LogP contribution >= 0.6 is 0 Å². The lowest BCUT2D eigenvalue weighted by Gasteiger charge is -2.11. The average Bonchev–Trinajstić information content (AvgIpc) is 2.14. The van der Waals surface area contributed by atoms with Crippen LogP contribution in [0.2, 0.25) is 0 Å². The molecule has 0 aliphatic rings. The monoisotopic (exact) mass is 194 g/mol. The molecule has 0 spiro atoms. The van der Waals surface area contributed by atoms with Gasteiger partial charge in [0, 0.05) is 23.9 Å². The van der Waals surface area contributed by atoms with Crippen LogP contribution < -0.4 is 5.73 Å². The second kappa shape index (κ2) is 4.72. The third-order valence-corrected chi connectivity index (χ3v) is 2.03. The maximum Gasteiger partial charge on any atom is 0.304 e. The number of carboxylic acids is 1. The van der Waals surface area contributed by atoms with Gasteiger partial charge in [0.15, 0.2) is 0 Å². The molecule has 0 saturated heterocycles. The molecule has 1 rings (SSSR count). The van der Waals surface area contributed by atoms with E-state index in [1.807, 2.05) is 25.1 Å². The van der Waals surface area contributed by atoms with Crippen molar-refractivity contribution < 1.29 is 9.90 Å². The van der Waals surface area contributed by atoms with Crippen molar-refractivity contribution in [1.82, 2.24) is 4.98 Å². The lowest BCUT2D eigenvalue weighted by molar-refractivity contribution is -0.137. The van der Waals surface area contributed by atoms with Crippen molar-refractivity contribution in [2.75, 3.05) is 6.54 Å². The third kappa shape index (κ3) is 2.81. The van der Waals surface area contributed by atoms with Gasteiger partial charge in [0.25, 0.3) is 0 Å². The summed E-state index contributed by atoms with van der Waals surface area (Å²) in [5.41, 5.74) is 7.14. The van der Waals surface area contributed by atoms with Crippen molar-refractivity contribution in [3.8, 4) is 0 Å². The zero-order valence-electron chi connectivity index (χ0n) is 8.10. The van der Waals surface area contributed by atoms with Gasteiger partial charge in [-0.15, -0.1) is 0 Å². The van der Waals surface area contributed by atoms with Crippen molar-refractivity contribution in [3.05, 3.63) is 29.6 Å². The van der Waals surface area contributed by atoms with Gasteiger partial charge in [-0.2, -0.15) is 0 Å². The Kier molecular flexibility index (Phi) is 3.59. The molecule has 1 aromatic heterocycles. The zero-order valence-corrected chi connectivity index (χ0v) is 8.10. The highest BCUT2D eigenvalue weighted by atomic mass is 16.4. The Balaban J connectivity index is 2.83. The van der Waals surface area contributed by atoms with E-state index >= 15 is 0 Å². The van der Waals surface area contributed by atoms with Crippen LogP contribution in [-0.2, 0) is 4.79 Å². The van der Waals surface area contributed by atoms with Crippen LogP contribution in [0.15, 0.2) is 18.2 Å². The molecular weight excluding hydrogens is 180 g/mol. The van der Waals surface area contributed by atoms with Crippen LogP contribution in [0.5, 0.6) is 0 Å². The molecule has 0 aliphatic heterocycles. The van der Waals surface area contributed by atoms with E-state index < -0.39 is 5.97 Å². The Labute approximate surface area is 82.8 Å². The summed E-state index contributed by atoms with van der Waals surface area (Å²) in [4.78, 5) is 14.8. The first-order chi connectivity index (χ1) is 6.63. The summed E-state index contributed by atoms with van der Waals surface area (Å²) in [5, 5.41) is 8.66. The Morgan fingerprint density at radius 1 is 1.64 bits per heavy atom. The van der Waals surface area contributed by atoms with Gasteiger partial charge in [0.1, 0.15) is 0 Å². The molecule has 0 fully saturated rings. The molecule has 0 aromatic carbocycles. The number of hydrogen-bond acceptors (Lipinski definition) is 3. The third-order valence-electron chi connectivity index (χ3n) is 2.03. The molecule has 0 bridgehead atoms. The van der Waals surface area contributed by atoms with Crippen LogP contribution in [0.25, 0.3) is 0 Å². The summed E-state index contributed by atoms with van der Waals surface area (Å²) in [7, 11) is 0. The SMILES string of the molecule is Cc1cccc(C(CN)CC(=O)O)n1. The molecule has 3 N–H and O–H groups in total. The summed E-state index contributed by atoms with van der Waals surface area (Å²) >= 11 is 0. The quantitative estimate of drug-likeness (QED) is 0.746. The lowest BCUT2D eigenvalue weighted by atomic mass is 10.0. The Hall–Kier alpha value is -1.42. The van der Waals surface area contributed by atoms with Gasteiger partial charge in [0.2, 0.25) is 0 Å². The van der Waals surface area contributed by atoms with Gasteiger partial charge < -0.3 is 10.8 Å². The van der Waals surface area contributed by atoms with Crippen LogP contribution in [-0.4, -0.2) is 22.6 Å². The zero-order chi connectivity index (χ0) is 10.6. The average molecular weight is 194 g/mol. The fraction of sp³-hybridized carbons (Fsp3) is 0.400. The highest BCUT2D eigenvalue weighted by molar-refractivity contribution is 5.67. The van der Waals surface area contributed by atoms with Gasteiger partial charge in [-0.1, -0.05) is 6.07 Å². The second-order valence-electron chi connectivity index (χ2n) is 3.23. The molecule has 4 nitrogen and oxygen atoms in total. The van der Waals surface area contributed by atoms with Crippen molar-refractivity contribution in [2.45, 2.75) is 19.3 Å². The first kappa shape index (κ1) is 10.7. The molecule has 1 heterocycles. The Morgan fingerprint density at radius 2 is 2.36 bits per heavy atom. The van der Waals surface area contributed by atoms with Crippen molar-refractivity contribution in [1.29, 1.82) is 0 Å². The van der Waals surface area contributed by atoms with Crippen LogP contribution in [0.1, 0.15) is 23.7 Å². The molecule has 4 heteroatoms. The summed E-state index contributed by atoms with van der Waals surface area (Å²) < 4.78 is 0. The minimum atomic E-state index is -0.844. The van der Waals surface area contributed by atoms with Gasteiger partial charge in [0.05, 0.1) is 6.42 Å². The summed E-state index contributed by atoms with van der Waals surface area (Å²) in [5.74, 6) is -1.03. The number of aryl methyl sites for hydroxylation is 1. The van der Waals surface area contributed by atoms with Gasteiger partial charge in [-0.3, -0.25) is 9.78 Å². The van der Waals surface area contributed by atoms with E-state index in [0.717, 1.165) is 11.4 Å². The second-order valence-corrected chi connectivity index (χ2v) is 3.23. The van der Waals surface area contributed by atoms with E-state index in [2.05, 4.69) is 4.98 Å². The number of aliphatic carboxylic acids is 1. The number of carboxylic acid groups (broad SMARTS) is 1. The number of nitrogens with two attached hydrogens (primary N) is 1. The number of pyridine rings is 1. The number of hydrogen-bond donors (Lipinski definition) is 2.